The van der Waals surface area contributed by atoms with Crippen LogP contribution >= 0.6 is 0 Å². The Labute approximate surface area is 179 Å². The van der Waals surface area contributed by atoms with Gasteiger partial charge in [0.2, 0.25) is 0 Å². The minimum atomic E-state index is -0.229. The van der Waals surface area contributed by atoms with E-state index in [4.69, 9.17) is 0 Å². The van der Waals surface area contributed by atoms with Crippen LogP contribution in [0.3, 0.4) is 0 Å². The van der Waals surface area contributed by atoms with Gasteiger partial charge in [-0.1, -0.05) is 37.6 Å². The van der Waals surface area contributed by atoms with Gasteiger partial charge in [-0.2, -0.15) is 10.2 Å². The first-order valence-electron chi connectivity index (χ1n) is 11.6. The van der Waals surface area contributed by atoms with Gasteiger partial charge >= 0.3 is 0 Å². The highest BCUT2D eigenvalue weighted by Gasteiger charge is 2.57. The predicted octanol–water partition coefficient (Wildman–Crippen LogP) is 5.92. The number of allylic oxidation sites excluding steroid dienone is 1. The van der Waals surface area contributed by atoms with Gasteiger partial charge in [0.05, 0.1) is 12.3 Å². The Balaban J connectivity index is 1.37. The summed E-state index contributed by atoms with van der Waals surface area (Å²) in [5.41, 5.74) is 4.09. The fourth-order valence-corrected chi connectivity index (χ4v) is 7.31. The Bertz CT molecular complexity index is 904. The zero-order chi connectivity index (χ0) is 20.9. The summed E-state index contributed by atoms with van der Waals surface area (Å²) < 4.78 is 13.1. The van der Waals surface area contributed by atoms with Crippen molar-refractivity contribution in [2.24, 2.45) is 38.8 Å². The van der Waals surface area contributed by atoms with Crippen molar-refractivity contribution in [2.75, 3.05) is 0 Å². The van der Waals surface area contributed by atoms with Crippen molar-refractivity contribution in [3.8, 4) is 0 Å². The first kappa shape index (κ1) is 20.1. The minimum Gasteiger partial charge on any atom is -0.393 e. The van der Waals surface area contributed by atoms with Crippen LogP contribution in [0.1, 0.15) is 70.8 Å². The second-order valence-electron chi connectivity index (χ2n) is 10.5. The maximum atomic E-state index is 13.1. The lowest BCUT2D eigenvalue weighted by atomic mass is 9.48. The molecule has 4 aliphatic carbocycles. The van der Waals surface area contributed by atoms with Crippen molar-refractivity contribution in [3.05, 3.63) is 47.3 Å². The topological polar surface area (TPSA) is 45.0 Å². The van der Waals surface area contributed by atoms with E-state index in [0.29, 0.717) is 5.92 Å². The summed E-state index contributed by atoms with van der Waals surface area (Å²) in [6.07, 6.45) is 12.9. The third-order valence-corrected chi connectivity index (χ3v) is 9.07. The molecule has 160 valence electrons. The van der Waals surface area contributed by atoms with Crippen LogP contribution in [0.15, 0.2) is 46.1 Å². The molecule has 0 spiro atoms. The number of aliphatic hydroxyl groups is 1. The largest absolute Gasteiger partial charge is 0.393 e. The van der Waals surface area contributed by atoms with Gasteiger partial charge in [0.15, 0.2) is 0 Å². The summed E-state index contributed by atoms with van der Waals surface area (Å²) >= 11 is 0. The maximum absolute atomic E-state index is 13.1. The maximum Gasteiger partial charge on any atom is 0.123 e. The Hall–Kier alpha value is -1.81. The monoisotopic (exact) mass is 408 g/mol. The second kappa shape index (κ2) is 7.40. The van der Waals surface area contributed by atoms with Crippen LogP contribution in [0.4, 0.5) is 4.39 Å². The molecule has 5 rings (SSSR count). The molecule has 1 aromatic rings. The van der Waals surface area contributed by atoms with Crippen LogP contribution in [0.5, 0.6) is 0 Å². The van der Waals surface area contributed by atoms with Crippen molar-refractivity contribution < 1.29 is 9.50 Å². The molecule has 0 amide bonds. The van der Waals surface area contributed by atoms with E-state index in [1.165, 1.54) is 42.7 Å². The third kappa shape index (κ3) is 3.19. The normalized spacial score (nSPS) is 42.0. The van der Waals surface area contributed by atoms with Gasteiger partial charge in [-0.05, 0) is 92.2 Å². The molecule has 1 aromatic carbocycles. The van der Waals surface area contributed by atoms with Gasteiger partial charge < -0.3 is 5.11 Å². The molecule has 0 saturated heterocycles. The first-order valence-corrected chi connectivity index (χ1v) is 11.6. The van der Waals surface area contributed by atoms with Gasteiger partial charge in [0, 0.05) is 11.1 Å². The molecule has 30 heavy (non-hydrogen) atoms. The number of nitrogens with zero attached hydrogens (tertiary/aromatic N) is 2. The Morgan fingerprint density at radius 1 is 1.03 bits per heavy atom. The van der Waals surface area contributed by atoms with E-state index in [0.717, 1.165) is 49.5 Å². The first-order chi connectivity index (χ1) is 14.4. The van der Waals surface area contributed by atoms with Gasteiger partial charge in [-0.15, -0.1) is 0 Å². The molecule has 4 heteroatoms. The molecule has 0 aliphatic heterocycles. The number of fused-ring (bicyclic) bond motifs is 5. The zero-order valence-corrected chi connectivity index (χ0v) is 18.1. The molecule has 3 fully saturated rings. The van der Waals surface area contributed by atoms with Crippen molar-refractivity contribution in [2.45, 2.75) is 71.3 Å². The summed E-state index contributed by atoms with van der Waals surface area (Å²) in [6.45, 7) is 4.89. The highest BCUT2D eigenvalue weighted by Crippen LogP contribution is 2.64. The van der Waals surface area contributed by atoms with E-state index >= 15 is 0 Å². The molecule has 4 unspecified atom stereocenters. The fourth-order valence-electron chi connectivity index (χ4n) is 7.31. The number of benzene rings is 1. The lowest BCUT2D eigenvalue weighted by Crippen LogP contribution is -2.50. The van der Waals surface area contributed by atoms with Crippen molar-refractivity contribution in [1.82, 2.24) is 0 Å². The number of halogens is 1. The van der Waals surface area contributed by atoms with E-state index in [1.807, 2.05) is 0 Å². The number of hydrogen-bond acceptors (Lipinski definition) is 3. The molecule has 0 radical (unpaired) electrons. The van der Waals surface area contributed by atoms with E-state index in [9.17, 15) is 9.50 Å². The average Bonchev–Trinajstić information content (AvgIpc) is 3.06. The lowest BCUT2D eigenvalue weighted by molar-refractivity contribution is -0.0209. The summed E-state index contributed by atoms with van der Waals surface area (Å²) in [7, 11) is 0. The van der Waals surface area contributed by atoms with Gasteiger partial charge in [-0.25, -0.2) is 4.39 Å². The quantitative estimate of drug-likeness (QED) is 0.368. The van der Waals surface area contributed by atoms with E-state index in [-0.39, 0.29) is 22.8 Å². The van der Waals surface area contributed by atoms with Crippen LogP contribution in [0.25, 0.3) is 0 Å². The number of hydrogen-bond donors (Lipinski definition) is 1. The highest BCUT2D eigenvalue weighted by molar-refractivity contribution is 5.93. The smallest absolute Gasteiger partial charge is 0.123 e. The summed E-state index contributed by atoms with van der Waals surface area (Å²) in [5.74, 6) is 1.91. The molecule has 3 saturated carbocycles. The third-order valence-electron chi connectivity index (χ3n) is 9.07. The van der Waals surface area contributed by atoms with Gasteiger partial charge in [0.25, 0.3) is 0 Å². The van der Waals surface area contributed by atoms with Crippen LogP contribution in [0, 0.1) is 34.4 Å². The van der Waals surface area contributed by atoms with E-state index in [1.54, 1.807) is 18.3 Å². The molecule has 0 bridgehead atoms. The fraction of sp³-hybridized carbons (Fsp3) is 0.615. The Kier molecular flexibility index (Phi) is 4.96. The SMILES string of the molecule is C[C@]12CCC(O)CC1=CCC1C2CC[C@]2(C)/C(=N\N=C\c3ccc(F)cc3)CCC12. The van der Waals surface area contributed by atoms with Crippen molar-refractivity contribution in [3.63, 3.8) is 0 Å². The highest BCUT2D eigenvalue weighted by atomic mass is 19.1. The molecule has 0 heterocycles. The Morgan fingerprint density at radius 3 is 2.57 bits per heavy atom. The molecule has 3 nitrogen and oxygen atoms in total. The van der Waals surface area contributed by atoms with Gasteiger partial charge in [-0.3, -0.25) is 0 Å². The van der Waals surface area contributed by atoms with Crippen LogP contribution in [0.2, 0.25) is 0 Å². The molecule has 6 atom stereocenters. The average molecular weight is 409 g/mol. The summed E-state index contributed by atoms with van der Waals surface area (Å²) in [4.78, 5) is 0. The second-order valence-corrected chi connectivity index (χ2v) is 10.5. The van der Waals surface area contributed by atoms with Crippen LogP contribution < -0.4 is 0 Å². The molecular formula is C26H33FN2O. The van der Waals surface area contributed by atoms with Gasteiger partial charge in [0.1, 0.15) is 5.82 Å². The zero-order valence-electron chi connectivity index (χ0n) is 18.1. The molecular weight excluding hydrogens is 375 g/mol. The predicted molar refractivity (Wildman–Crippen MR) is 119 cm³/mol. The van der Waals surface area contributed by atoms with Crippen LogP contribution in [-0.2, 0) is 0 Å². The summed E-state index contributed by atoms with van der Waals surface area (Å²) in [5, 5.41) is 19.2. The van der Waals surface area contributed by atoms with E-state index < -0.39 is 0 Å². The van der Waals surface area contributed by atoms with Crippen molar-refractivity contribution >= 4 is 11.9 Å². The lowest BCUT2D eigenvalue weighted by Gasteiger charge is -2.57. The standard InChI is InChI=1S/C26H33FN2O/c1-25-13-11-20(30)15-18(25)5-8-21-22-9-10-24(26(22,2)14-12-23(21)25)29-28-16-17-3-6-19(27)7-4-17/h3-7,16,20-23,30H,8-15H2,1-2H3/b28-16+,29-24-/t20?,21?,22?,23?,25-,26-/m0/s1. The summed E-state index contributed by atoms with van der Waals surface area (Å²) in [6, 6.07) is 6.38. The number of aliphatic hydroxyl groups excluding tert-OH is 1. The van der Waals surface area contributed by atoms with Crippen molar-refractivity contribution in [1.29, 1.82) is 0 Å². The minimum absolute atomic E-state index is 0.140. The molecule has 4 aliphatic rings. The Morgan fingerprint density at radius 2 is 1.77 bits per heavy atom. The molecule has 1 N–H and O–H groups in total. The number of rotatable bonds is 2. The van der Waals surface area contributed by atoms with Crippen LogP contribution in [-0.4, -0.2) is 23.1 Å². The molecule has 0 aromatic heterocycles. The van der Waals surface area contributed by atoms with E-state index in [2.05, 4.69) is 30.1 Å².